The second-order valence-corrected chi connectivity index (χ2v) is 9.94. The predicted molar refractivity (Wildman–Crippen MR) is 108 cm³/mol. The average Bonchev–Trinajstić information content (AvgIpc) is 3.15. The van der Waals surface area contributed by atoms with Gasteiger partial charge in [0.25, 0.3) is 5.91 Å². The monoisotopic (exact) mass is 384 g/mol. The largest absolute Gasteiger partial charge is 0.381 e. The van der Waals surface area contributed by atoms with Crippen molar-refractivity contribution in [3.8, 4) is 0 Å². The Morgan fingerprint density at radius 2 is 1.96 bits per heavy atom. The lowest BCUT2D eigenvalue weighted by molar-refractivity contribution is 0.000576. The lowest BCUT2D eigenvalue weighted by Crippen LogP contribution is -2.42. The number of ether oxygens (including phenoxy) is 1. The molecule has 1 aromatic heterocycles. The Balaban J connectivity index is 1.65. The minimum absolute atomic E-state index is 0.00747. The van der Waals surface area contributed by atoms with Gasteiger partial charge in [0.1, 0.15) is 4.88 Å². The van der Waals surface area contributed by atoms with Crippen molar-refractivity contribution in [1.29, 1.82) is 0 Å². The highest BCUT2D eigenvalue weighted by molar-refractivity contribution is 7.14. The Bertz CT molecular complexity index is 859. The summed E-state index contributed by atoms with van der Waals surface area (Å²) in [6, 6.07) is 8.59. The van der Waals surface area contributed by atoms with E-state index in [1.807, 2.05) is 6.92 Å². The second kappa shape index (κ2) is 6.71. The van der Waals surface area contributed by atoms with Crippen LogP contribution < -0.4 is 5.32 Å². The molecule has 2 aromatic rings. The van der Waals surface area contributed by atoms with Crippen LogP contribution in [0.15, 0.2) is 24.3 Å². The number of nitrogens with zero attached hydrogens (tertiary/aromatic N) is 1. The topological polar surface area (TPSA) is 51.2 Å². The van der Waals surface area contributed by atoms with Crippen molar-refractivity contribution in [2.45, 2.75) is 58.4 Å². The Hall–Kier alpha value is -1.72. The van der Waals surface area contributed by atoms with E-state index in [1.165, 1.54) is 22.5 Å². The first-order valence-corrected chi connectivity index (χ1v) is 10.6. The molecule has 2 aliphatic rings. The number of rotatable bonds is 2. The molecule has 1 N–H and O–H groups in total. The summed E-state index contributed by atoms with van der Waals surface area (Å²) >= 11 is 1.53. The van der Waals surface area contributed by atoms with Gasteiger partial charge in [-0.25, -0.2) is 4.98 Å². The summed E-state index contributed by atoms with van der Waals surface area (Å²) in [5, 5.41) is 4.41. The molecule has 27 heavy (non-hydrogen) atoms. The zero-order valence-electron chi connectivity index (χ0n) is 16.6. The van der Waals surface area contributed by atoms with E-state index in [1.54, 1.807) is 0 Å². The molecule has 1 aliphatic carbocycles. The number of carbonyl (C=O) groups is 1. The normalized spacial score (nSPS) is 21.3. The summed E-state index contributed by atoms with van der Waals surface area (Å²) in [4.78, 5) is 18.6. The number of hydrogen-bond acceptors (Lipinski definition) is 4. The average molecular weight is 385 g/mol. The molecule has 1 unspecified atom stereocenters. The number of fused-ring (bicyclic) bond motifs is 1. The first-order chi connectivity index (χ1) is 12.8. The molecule has 0 radical (unpaired) electrons. The molecular formula is C22H28N2O2S. The van der Waals surface area contributed by atoms with Gasteiger partial charge in [0.15, 0.2) is 0 Å². The lowest BCUT2D eigenvalue weighted by Gasteiger charge is -2.39. The summed E-state index contributed by atoms with van der Waals surface area (Å²) in [6.07, 6.45) is 3.00. The van der Waals surface area contributed by atoms with Gasteiger partial charge in [-0.1, -0.05) is 45.0 Å². The molecule has 1 atom stereocenters. The first-order valence-electron chi connectivity index (χ1n) is 9.74. The Morgan fingerprint density at radius 3 is 2.63 bits per heavy atom. The molecule has 1 amide bonds. The number of amides is 1. The number of benzene rings is 1. The molecule has 0 bridgehead atoms. The number of thiazole rings is 1. The fraction of sp³-hybridized carbons (Fsp3) is 0.545. The van der Waals surface area contributed by atoms with Crippen molar-refractivity contribution >= 4 is 17.2 Å². The van der Waals surface area contributed by atoms with E-state index in [2.05, 4.69) is 55.3 Å². The van der Waals surface area contributed by atoms with Gasteiger partial charge in [-0.15, -0.1) is 11.3 Å². The van der Waals surface area contributed by atoms with Crippen LogP contribution in [-0.4, -0.2) is 24.1 Å². The molecule has 144 valence electrons. The molecule has 2 heterocycles. The van der Waals surface area contributed by atoms with Gasteiger partial charge in [0.05, 0.1) is 16.7 Å². The SMILES string of the molecule is Cc1nc(C(C)(C)C)sc1C(=O)NC1c2ccccc2CC12CCOCC2. The fourth-order valence-corrected chi connectivity index (χ4v) is 5.41. The number of aromatic nitrogens is 1. The van der Waals surface area contributed by atoms with Gasteiger partial charge < -0.3 is 10.1 Å². The highest BCUT2D eigenvalue weighted by Crippen LogP contribution is 2.51. The third-order valence-corrected chi connectivity index (χ3v) is 7.51. The highest BCUT2D eigenvalue weighted by atomic mass is 32.1. The van der Waals surface area contributed by atoms with Gasteiger partial charge in [-0.05, 0) is 37.3 Å². The van der Waals surface area contributed by atoms with Crippen molar-refractivity contribution in [2.24, 2.45) is 5.41 Å². The van der Waals surface area contributed by atoms with Crippen LogP contribution in [0.5, 0.6) is 0 Å². The summed E-state index contributed by atoms with van der Waals surface area (Å²) in [6.45, 7) is 9.89. The van der Waals surface area contributed by atoms with Crippen LogP contribution in [-0.2, 0) is 16.6 Å². The van der Waals surface area contributed by atoms with E-state index in [0.717, 1.165) is 48.1 Å². The Labute approximate surface area is 165 Å². The van der Waals surface area contributed by atoms with Gasteiger partial charge in [0, 0.05) is 24.0 Å². The quantitative estimate of drug-likeness (QED) is 0.825. The minimum atomic E-state index is -0.0458. The zero-order valence-corrected chi connectivity index (χ0v) is 17.4. The minimum Gasteiger partial charge on any atom is -0.381 e. The smallest absolute Gasteiger partial charge is 0.263 e. The maximum Gasteiger partial charge on any atom is 0.263 e. The molecule has 1 aliphatic heterocycles. The molecule has 4 nitrogen and oxygen atoms in total. The van der Waals surface area contributed by atoms with Gasteiger partial charge in [-0.2, -0.15) is 0 Å². The summed E-state index contributed by atoms with van der Waals surface area (Å²) in [5.74, 6) is 0.00747. The van der Waals surface area contributed by atoms with Crippen LogP contribution in [0.25, 0.3) is 0 Å². The number of aryl methyl sites for hydroxylation is 1. The highest BCUT2D eigenvalue weighted by Gasteiger charge is 2.47. The standard InChI is InChI=1S/C22H28N2O2S/c1-14-17(27-20(23-14)21(2,3)4)19(25)24-18-16-8-6-5-7-15(16)13-22(18)9-11-26-12-10-22/h5-8,18H,9-13H2,1-4H3,(H,24,25). The van der Waals surface area contributed by atoms with Crippen LogP contribution in [0.1, 0.15) is 71.2 Å². The summed E-state index contributed by atoms with van der Waals surface area (Å²) < 4.78 is 5.63. The van der Waals surface area contributed by atoms with Gasteiger partial charge >= 0.3 is 0 Å². The molecule has 0 saturated carbocycles. The van der Waals surface area contributed by atoms with Crippen LogP contribution in [0.4, 0.5) is 0 Å². The molecule has 1 fully saturated rings. The third kappa shape index (κ3) is 3.32. The van der Waals surface area contributed by atoms with Crippen LogP contribution in [0.3, 0.4) is 0 Å². The molecule has 4 rings (SSSR count). The van der Waals surface area contributed by atoms with Crippen molar-refractivity contribution in [3.05, 3.63) is 51.0 Å². The molecular weight excluding hydrogens is 356 g/mol. The molecule has 1 aromatic carbocycles. The fourth-order valence-electron chi connectivity index (χ4n) is 4.39. The van der Waals surface area contributed by atoms with E-state index in [4.69, 9.17) is 4.74 Å². The molecule has 1 saturated heterocycles. The zero-order chi connectivity index (χ0) is 19.2. The van der Waals surface area contributed by atoms with Crippen LogP contribution in [0, 0.1) is 12.3 Å². The van der Waals surface area contributed by atoms with E-state index >= 15 is 0 Å². The second-order valence-electron chi connectivity index (χ2n) is 8.94. The van der Waals surface area contributed by atoms with E-state index in [-0.39, 0.29) is 22.8 Å². The number of nitrogens with one attached hydrogen (secondary N) is 1. The van der Waals surface area contributed by atoms with Gasteiger partial charge in [-0.3, -0.25) is 4.79 Å². The number of carbonyl (C=O) groups excluding carboxylic acids is 1. The Kier molecular flexibility index (Phi) is 4.63. The maximum absolute atomic E-state index is 13.2. The van der Waals surface area contributed by atoms with Gasteiger partial charge in [0.2, 0.25) is 0 Å². The van der Waals surface area contributed by atoms with Crippen LogP contribution in [0.2, 0.25) is 0 Å². The third-order valence-electron chi connectivity index (χ3n) is 5.93. The van der Waals surface area contributed by atoms with E-state index < -0.39 is 0 Å². The van der Waals surface area contributed by atoms with E-state index in [9.17, 15) is 4.79 Å². The number of hydrogen-bond donors (Lipinski definition) is 1. The molecule has 1 spiro atoms. The van der Waals surface area contributed by atoms with Crippen molar-refractivity contribution < 1.29 is 9.53 Å². The Morgan fingerprint density at radius 1 is 1.26 bits per heavy atom. The van der Waals surface area contributed by atoms with Crippen LogP contribution >= 0.6 is 11.3 Å². The lowest BCUT2D eigenvalue weighted by atomic mass is 9.74. The predicted octanol–water partition coefficient (Wildman–Crippen LogP) is 4.57. The van der Waals surface area contributed by atoms with Crippen molar-refractivity contribution in [3.63, 3.8) is 0 Å². The van der Waals surface area contributed by atoms with Crippen molar-refractivity contribution in [1.82, 2.24) is 10.3 Å². The molecule has 5 heteroatoms. The summed E-state index contributed by atoms with van der Waals surface area (Å²) in [7, 11) is 0. The first kappa shape index (κ1) is 18.6. The van der Waals surface area contributed by atoms with Crippen molar-refractivity contribution in [2.75, 3.05) is 13.2 Å². The van der Waals surface area contributed by atoms with E-state index in [0.29, 0.717) is 0 Å². The summed E-state index contributed by atoms with van der Waals surface area (Å²) in [5.41, 5.74) is 3.49. The maximum atomic E-state index is 13.2.